The molecule has 3 rings (SSSR count). The van der Waals surface area contributed by atoms with Crippen LogP contribution in [-0.2, 0) is 11.4 Å². The van der Waals surface area contributed by atoms with Crippen LogP contribution in [0.2, 0.25) is 0 Å². The van der Waals surface area contributed by atoms with E-state index in [1.165, 1.54) is 18.3 Å². The number of benzene rings is 2. The van der Waals surface area contributed by atoms with Crippen molar-refractivity contribution in [1.29, 1.82) is 0 Å². The van der Waals surface area contributed by atoms with Gasteiger partial charge in [-0.25, -0.2) is 4.98 Å². The van der Waals surface area contributed by atoms with Crippen molar-refractivity contribution in [3.63, 3.8) is 0 Å². The Balaban J connectivity index is 1.56. The van der Waals surface area contributed by atoms with E-state index in [-0.39, 0.29) is 11.8 Å². The van der Waals surface area contributed by atoms with Crippen molar-refractivity contribution < 1.29 is 14.3 Å². The maximum absolute atomic E-state index is 12.3. The van der Waals surface area contributed by atoms with Crippen LogP contribution >= 0.6 is 11.3 Å². The summed E-state index contributed by atoms with van der Waals surface area (Å²) < 4.78 is 5.63. The molecule has 2 N–H and O–H groups in total. The summed E-state index contributed by atoms with van der Waals surface area (Å²) in [6, 6.07) is 13.8. The average molecular weight is 367 g/mol. The molecule has 0 unspecified atom stereocenters. The van der Waals surface area contributed by atoms with Gasteiger partial charge in [0.05, 0.1) is 11.2 Å². The molecule has 7 heteroatoms. The Kier molecular flexibility index (Phi) is 5.60. The first-order chi connectivity index (χ1) is 12.6. The van der Waals surface area contributed by atoms with E-state index in [1.807, 2.05) is 5.38 Å². The smallest absolute Gasteiger partial charge is 0.255 e. The molecule has 0 aliphatic carbocycles. The van der Waals surface area contributed by atoms with Gasteiger partial charge in [-0.05, 0) is 48.5 Å². The molecule has 0 atom stereocenters. The third kappa shape index (κ3) is 4.90. The van der Waals surface area contributed by atoms with Gasteiger partial charge in [0.2, 0.25) is 5.91 Å². The van der Waals surface area contributed by atoms with Crippen molar-refractivity contribution >= 4 is 34.5 Å². The zero-order chi connectivity index (χ0) is 18.4. The van der Waals surface area contributed by atoms with Crippen LogP contribution in [-0.4, -0.2) is 16.8 Å². The van der Waals surface area contributed by atoms with Crippen LogP contribution in [0.1, 0.15) is 23.0 Å². The highest BCUT2D eigenvalue weighted by atomic mass is 32.1. The maximum Gasteiger partial charge on any atom is 0.255 e. The number of thiazole rings is 1. The fraction of sp³-hybridized carbons (Fsp3) is 0.105. The van der Waals surface area contributed by atoms with Crippen molar-refractivity contribution in [3.8, 4) is 5.75 Å². The molecule has 1 heterocycles. The number of ether oxygens (including phenoxy) is 1. The molecule has 0 bridgehead atoms. The second kappa shape index (κ2) is 8.26. The number of carbonyl (C=O) groups is 2. The SMILES string of the molecule is CC(=O)Nc1ccc(NC(=O)c2ccc(OCc3cscn3)cc2)cc1. The Hall–Kier alpha value is -3.19. The van der Waals surface area contributed by atoms with E-state index >= 15 is 0 Å². The van der Waals surface area contributed by atoms with Gasteiger partial charge in [0.15, 0.2) is 0 Å². The largest absolute Gasteiger partial charge is 0.487 e. The molecule has 0 fully saturated rings. The van der Waals surface area contributed by atoms with Crippen molar-refractivity contribution in [1.82, 2.24) is 4.98 Å². The predicted octanol–water partition coefficient (Wildman–Crippen LogP) is 3.93. The Morgan fingerprint density at radius 1 is 1.00 bits per heavy atom. The van der Waals surface area contributed by atoms with Gasteiger partial charge < -0.3 is 15.4 Å². The summed E-state index contributed by atoms with van der Waals surface area (Å²) in [6.07, 6.45) is 0. The molecule has 2 aromatic carbocycles. The Morgan fingerprint density at radius 3 is 2.23 bits per heavy atom. The van der Waals surface area contributed by atoms with Crippen LogP contribution in [0.25, 0.3) is 0 Å². The standard InChI is InChI=1S/C19H17N3O3S/c1-13(23)21-15-4-6-16(7-5-15)22-19(24)14-2-8-18(9-3-14)25-10-17-11-26-12-20-17/h2-9,11-12H,10H2,1H3,(H,21,23)(H,22,24). The molecule has 0 saturated carbocycles. The van der Waals surface area contributed by atoms with E-state index < -0.39 is 0 Å². The minimum Gasteiger partial charge on any atom is -0.487 e. The summed E-state index contributed by atoms with van der Waals surface area (Å²) in [5.74, 6) is 0.316. The zero-order valence-electron chi connectivity index (χ0n) is 14.1. The van der Waals surface area contributed by atoms with E-state index in [0.717, 1.165) is 5.69 Å². The Morgan fingerprint density at radius 2 is 1.65 bits per heavy atom. The molecular formula is C19H17N3O3S. The van der Waals surface area contributed by atoms with Gasteiger partial charge in [-0.3, -0.25) is 9.59 Å². The van der Waals surface area contributed by atoms with Crippen LogP contribution in [0.3, 0.4) is 0 Å². The summed E-state index contributed by atoms with van der Waals surface area (Å²) in [4.78, 5) is 27.5. The summed E-state index contributed by atoms with van der Waals surface area (Å²) in [5, 5.41) is 7.42. The van der Waals surface area contributed by atoms with Gasteiger partial charge in [0, 0.05) is 29.2 Å². The van der Waals surface area contributed by atoms with E-state index in [0.29, 0.717) is 29.3 Å². The van der Waals surface area contributed by atoms with Crippen LogP contribution in [0.15, 0.2) is 59.4 Å². The molecule has 0 radical (unpaired) electrons. The molecule has 0 spiro atoms. The number of hydrogen-bond donors (Lipinski definition) is 2. The van der Waals surface area contributed by atoms with Gasteiger partial charge in [0.25, 0.3) is 5.91 Å². The molecule has 6 nitrogen and oxygen atoms in total. The molecular weight excluding hydrogens is 350 g/mol. The van der Waals surface area contributed by atoms with Crippen molar-refractivity contribution in [2.45, 2.75) is 13.5 Å². The molecule has 3 aromatic rings. The first-order valence-electron chi connectivity index (χ1n) is 7.89. The van der Waals surface area contributed by atoms with Gasteiger partial charge >= 0.3 is 0 Å². The second-order valence-corrected chi connectivity index (χ2v) is 6.22. The van der Waals surface area contributed by atoms with Gasteiger partial charge in [-0.15, -0.1) is 11.3 Å². The number of aromatic nitrogens is 1. The third-order valence-electron chi connectivity index (χ3n) is 3.45. The quantitative estimate of drug-likeness (QED) is 0.692. The fourth-order valence-electron chi connectivity index (χ4n) is 2.21. The average Bonchev–Trinajstić information content (AvgIpc) is 3.15. The van der Waals surface area contributed by atoms with Crippen LogP contribution in [0.4, 0.5) is 11.4 Å². The molecule has 2 amide bonds. The van der Waals surface area contributed by atoms with Gasteiger partial charge in [-0.1, -0.05) is 0 Å². The van der Waals surface area contributed by atoms with Crippen molar-refractivity contribution in [2.75, 3.05) is 10.6 Å². The van der Waals surface area contributed by atoms with Crippen LogP contribution < -0.4 is 15.4 Å². The van der Waals surface area contributed by atoms with Gasteiger partial charge in [0.1, 0.15) is 12.4 Å². The topological polar surface area (TPSA) is 80.3 Å². The lowest BCUT2D eigenvalue weighted by molar-refractivity contribution is -0.114. The second-order valence-electron chi connectivity index (χ2n) is 5.51. The number of nitrogens with zero attached hydrogens (tertiary/aromatic N) is 1. The van der Waals surface area contributed by atoms with Crippen LogP contribution in [0, 0.1) is 0 Å². The Bertz CT molecular complexity index is 875. The lowest BCUT2D eigenvalue weighted by Crippen LogP contribution is -2.12. The van der Waals surface area contributed by atoms with E-state index in [9.17, 15) is 9.59 Å². The van der Waals surface area contributed by atoms with Crippen LogP contribution in [0.5, 0.6) is 5.75 Å². The summed E-state index contributed by atoms with van der Waals surface area (Å²) >= 11 is 1.52. The zero-order valence-corrected chi connectivity index (χ0v) is 14.9. The minimum atomic E-state index is -0.219. The number of amides is 2. The number of carbonyl (C=O) groups excluding carboxylic acids is 2. The lowest BCUT2D eigenvalue weighted by Gasteiger charge is -2.08. The number of nitrogens with one attached hydrogen (secondary N) is 2. The summed E-state index contributed by atoms with van der Waals surface area (Å²) in [6.45, 7) is 1.84. The molecule has 0 saturated heterocycles. The normalized spacial score (nSPS) is 10.2. The minimum absolute atomic E-state index is 0.140. The van der Waals surface area contributed by atoms with Crippen molar-refractivity contribution in [2.24, 2.45) is 0 Å². The predicted molar refractivity (Wildman–Crippen MR) is 102 cm³/mol. The third-order valence-corrected chi connectivity index (χ3v) is 4.09. The highest BCUT2D eigenvalue weighted by Gasteiger charge is 2.07. The highest BCUT2D eigenvalue weighted by molar-refractivity contribution is 7.07. The molecule has 26 heavy (non-hydrogen) atoms. The number of anilines is 2. The summed E-state index contributed by atoms with van der Waals surface area (Å²) in [5.41, 5.74) is 4.48. The Labute approximate surface area is 154 Å². The van der Waals surface area contributed by atoms with E-state index in [4.69, 9.17) is 4.74 Å². The molecule has 1 aromatic heterocycles. The van der Waals surface area contributed by atoms with Gasteiger partial charge in [-0.2, -0.15) is 0 Å². The molecule has 0 aliphatic rings. The fourth-order valence-corrected chi connectivity index (χ4v) is 2.76. The van der Waals surface area contributed by atoms with E-state index in [1.54, 1.807) is 54.0 Å². The first kappa shape index (κ1) is 17.6. The highest BCUT2D eigenvalue weighted by Crippen LogP contribution is 2.17. The van der Waals surface area contributed by atoms with E-state index in [2.05, 4.69) is 15.6 Å². The summed E-state index contributed by atoms with van der Waals surface area (Å²) in [7, 11) is 0. The molecule has 0 aliphatic heterocycles. The maximum atomic E-state index is 12.3. The number of rotatable bonds is 6. The molecule has 132 valence electrons. The van der Waals surface area contributed by atoms with Crippen molar-refractivity contribution in [3.05, 3.63) is 70.7 Å². The first-order valence-corrected chi connectivity index (χ1v) is 8.83. The lowest BCUT2D eigenvalue weighted by atomic mass is 10.2. The monoisotopic (exact) mass is 367 g/mol. The number of hydrogen-bond acceptors (Lipinski definition) is 5.